The number of fused-ring (bicyclic) bond motifs is 3. The van der Waals surface area contributed by atoms with Crippen LogP contribution in [-0.4, -0.2) is 8.42 Å². The van der Waals surface area contributed by atoms with Gasteiger partial charge in [-0.3, -0.25) is 0 Å². The first kappa shape index (κ1) is 20.2. The number of furan rings is 1. The van der Waals surface area contributed by atoms with Crippen molar-refractivity contribution in [3.63, 3.8) is 0 Å². The van der Waals surface area contributed by atoms with Crippen LogP contribution in [0.4, 0.5) is 0 Å². The van der Waals surface area contributed by atoms with Gasteiger partial charge in [-0.25, -0.2) is 0 Å². The first-order valence-corrected chi connectivity index (χ1v) is 13.0. The molecule has 0 amide bonds. The van der Waals surface area contributed by atoms with Gasteiger partial charge in [0.05, 0.1) is 0 Å². The predicted octanol–water partition coefficient (Wildman–Crippen LogP) is 3.14. The molecule has 0 saturated heterocycles. The van der Waals surface area contributed by atoms with Crippen molar-refractivity contribution in [2.75, 3.05) is 0 Å². The molecule has 1 aromatic heterocycles. The zero-order valence-electron chi connectivity index (χ0n) is 16.6. The number of halogens is 1. The molecule has 0 spiro atoms. The van der Waals surface area contributed by atoms with E-state index < -0.39 is 31.7 Å². The van der Waals surface area contributed by atoms with Gasteiger partial charge < -0.3 is 0 Å². The van der Waals surface area contributed by atoms with E-state index in [-0.39, 0.29) is 4.90 Å². The number of rotatable bonds is 5. The number of hydrogen-bond acceptors (Lipinski definition) is 4. The number of para-hydroxylation sites is 1. The van der Waals surface area contributed by atoms with E-state index >= 15 is 0 Å². The average molecular weight is 541 g/mol. The fraction of sp³-hybridized carbons (Fsp3) is 0.0400. The molecule has 4 aromatic carbocycles. The molecule has 0 radical (unpaired) electrons. The first-order chi connectivity index (χ1) is 15.0. The van der Waals surface area contributed by atoms with Gasteiger partial charge in [0.15, 0.2) is 0 Å². The van der Waals surface area contributed by atoms with Gasteiger partial charge in [0, 0.05) is 0 Å². The molecular formula is C25H18IO4S-. The Morgan fingerprint density at radius 1 is 0.806 bits per heavy atom. The minimum absolute atomic E-state index is 0.184. The summed E-state index contributed by atoms with van der Waals surface area (Å²) in [5.41, 5.74) is 4.74. The van der Waals surface area contributed by atoms with Crippen LogP contribution in [0.15, 0.2) is 100 Å². The van der Waals surface area contributed by atoms with Gasteiger partial charge >= 0.3 is 192 Å². The topological polar surface area (TPSA) is 56.5 Å². The van der Waals surface area contributed by atoms with Gasteiger partial charge in [-0.05, 0) is 0 Å². The molecule has 5 rings (SSSR count). The van der Waals surface area contributed by atoms with Crippen LogP contribution in [0.25, 0.3) is 33.1 Å². The predicted molar refractivity (Wildman–Crippen MR) is 117 cm³/mol. The van der Waals surface area contributed by atoms with Gasteiger partial charge in [-0.1, -0.05) is 0 Å². The summed E-state index contributed by atoms with van der Waals surface area (Å²) in [6.07, 6.45) is 0. The molecular weight excluding hydrogens is 523 g/mol. The molecule has 156 valence electrons. The van der Waals surface area contributed by atoms with Crippen molar-refractivity contribution in [1.29, 1.82) is 0 Å². The molecule has 0 N–H and O–H groups in total. The van der Waals surface area contributed by atoms with Crippen LogP contribution in [0, 0.1) is 10.5 Å². The number of hydrogen-bond donors (Lipinski definition) is 0. The van der Waals surface area contributed by atoms with Crippen LogP contribution in [0.1, 0.15) is 5.56 Å². The second-order valence-electron chi connectivity index (χ2n) is 7.19. The standard InChI is InChI=1S/C25H18IO4S/c1-17-12-14-20(15-13-17)31(27,28)30-26-19-7-4-6-18(16-19)21-9-5-11-24-25(21)22-8-2-3-10-23(22)29-24/h2-16H,1H3/q-1. The maximum atomic E-state index is 12.6. The summed E-state index contributed by atoms with van der Waals surface area (Å²) >= 11 is -1.18. The number of benzene rings is 4. The van der Waals surface area contributed by atoms with Crippen LogP contribution >= 0.6 is 0 Å². The van der Waals surface area contributed by atoms with Crippen molar-refractivity contribution in [1.82, 2.24) is 0 Å². The molecule has 0 aliphatic rings. The Labute approximate surface area is 191 Å². The van der Waals surface area contributed by atoms with E-state index in [2.05, 4.69) is 12.1 Å². The number of aryl methyl sites for hydroxylation is 1. The monoisotopic (exact) mass is 541 g/mol. The van der Waals surface area contributed by atoms with Crippen LogP contribution in [0.5, 0.6) is 0 Å². The second kappa shape index (κ2) is 8.11. The summed E-state index contributed by atoms with van der Waals surface area (Å²) in [5.74, 6) is 0. The van der Waals surface area contributed by atoms with Crippen LogP contribution < -0.4 is 21.6 Å². The average Bonchev–Trinajstić information content (AvgIpc) is 3.17. The van der Waals surface area contributed by atoms with Crippen LogP contribution in [-0.2, 0) is 12.6 Å². The van der Waals surface area contributed by atoms with Gasteiger partial charge in [-0.15, -0.1) is 0 Å². The van der Waals surface area contributed by atoms with Crippen LogP contribution in [0.3, 0.4) is 0 Å². The van der Waals surface area contributed by atoms with Gasteiger partial charge in [0.25, 0.3) is 0 Å². The first-order valence-electron chi connectivity index (χ1n) is 9.67. The molecule has 0 aliphatic heterocycles. The van der Waals surface area contributed by atoms with Crippen molar-refractivity contribution < 1.29 is 37.0 Å². The van der Waals surface area contributed by atoms with E-state index in [4.69, 9.17) is 6.93 Å². The minimum atomic E-state index is -3.77. The molecule has 0 fully saturated rings. The van der Waals surface area contributed by atoms with E-state index in [9.17, 15) is 8.42 Å². The Bertz CT molecular complexity index is 1500. The Morgan fingerprint density at radius 2 is 1.55 bits per heavy atom. The molecule has 4 nitrogen and oxygen atoms in total. The Morgan fingerprint density at radius 3 is 2.39 bits per heavy atom. The fourth-order valence-electron chi connectivity index (χ4n) is 3.54. The van der Waals surface area contributed by atoms with Crippen molar-refractivity contribution in [2.24, 2.45) is 0 Å². The van der Waals surface area contributed by atoms with Crippen molar-refractivity contribution >= 4 is 32.1 Å². The third-order valence-electron chi connectivity index (χ3n) is 5.05. The molecule has 1 heterocycles. The molecule has 0 saturated carbocycles. The zero-order valence-corrected chi connectivity index (χ0v) is 19.6. The summed E-state index contributed by atoms with van der Waals surface area (Å²) in [6.45, 7) is 1.92. The Hall–Kier alpha value is -2.68. The molecule has 6 heteroatoms. The molecule has 31 heavy (non-hydrogen) atoms. The molecule has 0 atom stereocenters. The fourth-order valence-corrected chi connectivity index (χ4v) is 7.01. The normalized spacial score (nSPS) is 12.0. The van der Waals surface area contributed by atoms with Gasteiger partial charge in [0.1, 0.15) is 0 Å². The van der Waals surface area contributed by atoms with Crippen molar-refractivity contribution in [2.45, 2.75) is 11.8 Å². The SMILES string of the molecule is Cc1ccc(S(=O)(=O)O[I-]c2cccc(-c3cccc4oc5ccccc5c34)c2)cc1. The van der Waals surface area contributed by atoms with E-state index in [1.54, 1.807) is 24.3 Å². The van der Waals surface area contributed by atoms with Crippen molar-refractivity contribution in [3.8, 4) is 11.1 Å². The third kappa shape index (κ3) is 3.98. The Balaban J connectivity index is 1.48. The molecule has 0 unspecified atom stereocenters. The van der Waals surface area contributed by atoms with Gasteiger partial charge in [0.2, 0.25) is 0 Å². The van der Waals surface area contributed by atoms with E-state index in [0.717, 1.165) is 42.2 Å². The molecule has 0 bridgehead atoms. The summed E-state index contributed by atoms with van der Waals surface area (Å²) < 4.78 is 37.4. The van der Waals surface area contributed by atoms with Gasteiger partial charge in [-0.2, -0.15) is 0 Å². The molecule has 0 aliphatic carbocycles. The summed E-state index contributed by atoms with van der Waals surface area (Å²) in [7, 11) is -3.77. The second-order valence-corrected chi connectivity index (χ2v) is 11.5. The molecule has 5 aromatic rings. The maximum absolute atomic E-state index is 12.6. The zero-order chi connectivity index (χ0) is 21.4. The van der Waals surface area contributed by atoms with E-state index in [1.807, 2.05) is 61.5 Å². The van der Waals surface area contributed by atoms with Crippen LogP contribution in [0.2, 0.25) is 0 Å². The van der Waals surface area contributed by atoms with Crippen molar-refractivity contribution in [3.05, 3.63) is 100 Å². The third-order valence-corrected chi connectivity index (χ3v) is 9.27. The Kier molecular flexibility index (Phi) is 5.29. The van der Waals surface area contributed by atoms with E-state index in [0.29, 0.717) is 0 Å². The van der Waals surface area contributed by atoms with E-state index in [1.165, 1.54) is 0 Å². The summed E-state index contributed by atoms with van der Waals surface area (Å²) in [6, 6.07) is 28.6. The quantitative estimate of drug-likeness (QED) is 0.321. The summed E-state index contributed by atoms with van der Waals surface area (Å²) in [4.78, 5) is 0.184. The summed E-state index contributed by atoms with van der Waals surface area (Å²) in [5, 5.41) is 2.12.